The van der Waals surface area contributed by atoms with Crippen molar-refractivity contribution in [2.24, 2.45) is 11.8 Å². The van der Waals surface area contributed by atoms with Crippen molar-refractivity contribution in [3.8, 4) is 34.5 Å². The second-order valence-electron chi connectivity index (χ2n) is 17.1. The van der Waals surface area contributed by atoms with Gasteiger partial charge in [0.1, 0.15) is 17.4 Å². The third-order valence-corrected chi connectivity index (χ3v) is 13.5. The van der Waals surface area contributed by atoms with Crippen LogP contribution in [0.25, 0.3) is 10.8 Å². The number of methoxy groups -OCH3 is 2. The highest BCUT2D eigenvalue weighted by molar-refractivity contribution is 5.93. The van der Waals surface area contributed by atoms with E-state index >= 15 is 4.79 Å². The Morgan fingerprint density at radius 3 is 2.54 bits per heavy atom. The number of hydrogen-bond donors (Lipinski definition) is 8. The molecule has 2 aromatic heterocycles. The molecule has 8 rings (SSSR count). The summed E-state index contributed by atoms with van der Waals surface area (Å²) >= 11 is 0. The van der Waals surface area contributed by atoms with Crippen molar-refractivity contribution < 1.29 is 44.9 Å². The molecule has 4 aromatic carbocycles. The number of aromatic nitrogens is 2. The van der Waals surface area contributed by atoms with Crippen LogP contribution in [0.2, 0.25) is 0 Å². The van der Waals surface area contributed by atoms with Gasteiger partial charge in [0, 0.05) is 30.3 Å². The Morgan fingerprint density at radius 2 is 1.78 bits per heavy atom. The number of pyridine rings is 1. The topological polar surface area (TPSA) is 208 Å². The number of carbonyl (C=O) groups is 1. The van der Waals surface area contributed by atoms with Gasteiger partial charge in [-0.2, -0.15) is 11.9 Å². The second-order valence-corrected chi connectivity index (χ2v) is 17.1. The highest BCUT2D eigenvalue weighted by Gasteiger charge is 2.57. The first-order chi connectivity index (χ1) is 30.4. The minimum absolute atomic E-state index is 0.00927. The maximum atomic E-state index is 15.9. The van der Waals surface area contributed by atoms with Crippen molar-refractivity contribution in [3.63, 3.8) is 0 Å². The number of benzene rings is 4. The Balaban J connectivity index is 1.35. The molecule has 1 aliphatic heterocycles. The molecular weight excluding hydrogens is 801 g/mol. The monoisotopic (exact) mass is 855 g/mol. The van der Waals surface area contributed by atoms with E-state index in [0.717, 1.165) is 38.8 Å². The lowest BCUT2D eigenvalue weighted by atomic mass is 9.58. The fourth-order valence-corrected chi connectivity index (χ4v) is 10.7. The summed E-state index contributed by atoms with van der Waals surface area (Å²) in [6, 6.07) is 24.9. The van der Waals surface area contributed by atoms with Crippen molar-refractivity contribution >= 4 is 28.1 Å². The summed E-state index contributed by atoms with van der Waals surface area (Å²) in [5, 5.41) is 76.3. The van der Waals surface area contributed by atoms with E-state index in [-0.39, 0.29) is 41.8 Å². The first kappa shape index (κ1) is 43.4. The zero-order valence-corrected chi connectivity index (χ0v) is 35.7. The molecule has 1 spiro atoms. The third kappa shape index (κ3) is 8.48. The van der Waals surface area contributed by atoms with Crippen LogP contribution < -0.4 is 25.1 Å². The lowest BCUT2D eigenvalue weighted by Crippen LogP contribution is -2.51. The number of anilines is 2. The number of rotatable bonds is 11. The molecule has 1 aliphatic carbocycles. The van der Waals surface area contributed by atoms with Gasteiger partial charge in [-0.15, -0.1) is 0 Å². The van der Waals surface area contributed by atoms with Gasteiger partial charge in [-0.05, 0) is 151 Å². The normalized spacial score (nSPS) is 23.0. The van der Waals surface area contributed by atoms with Gasteiger partial charge in [-0.25, -0.2) is 4.98 Å². The number of carbonyl (C=O) groups excluding carboxylic acids is 1. The van der Waals surface area contributed by atoms with Crippen molar-refractivity contribution in [2.75, 3.05) is 33.1 Å². The van der Waals surface area contributed by atoms with E-state index in [9.17, 15) is 30.6 Å². The van der Waals surface area contributed by atoms with Gasteiger partial charge in [-0.1, -0.05) is 30.3 Å². The maximum absolute atomic E-state index is 15.9. The third-order valence-electron chi connectivity index (χ3n) is 13.5. The molecule has 2 bridgehead atoms. The molecule has 6 aromatic rings. The molecule has 63 heavy (non-hydrogen) atoms. The van der Waals surface area contributed by atoms with Crippen LogP contribution in [0.15, 0.2) is 97.3 Å². The molecule has 0 unspecified atom stereocenters. The smallest absolute Gasteiger partial charge is 0.200 e. The van der Waals surface area contributed by atoms with Crippen LogP contribution in [0.3, 0.4) is 0 Å². The number of ether oxygens (including phenoxy) is 2. The molecule has 1 saturated carbocycles. The number of aromatic hydroxyl groups is 4. The van der Waals surface area contributed by atoms with Crippen LogP contribution in [0, 0.1) is 11.8 Å². The second kappa shape index (κ2) is 18.2. The van der Waals surface area contributed by atoms with Crippen LogP contribution in [0.5, 0.6) is 34.5 Å². The van der Waals surface area contributed by atoms with E-state index in [4.69, 9.17) is 14.5 Å². The number of nitrogens with one attached hydrogen (secondary N) is 2. The Hall–Kier alpha value is -6.28. The summed E-state index contributed by atoms with van der Waals surface area (Å²) in [5.74, 6) is -2.52. The Labute approximate surface area is 366 Å². The quantitative estimate of drug-likeness (QED) is 0.0614. The summed E-state index contributed by atoms with van der Waals surface area (Å²) in [7, 11) is 4.73. The van der Waals surface area contributed by atoms with E-state index in [0.29, 0.717) is 55.8 Å². The van der Waals surface area contributed by atoms with E-state index in [1.165, 1.54) is 20.3 Å². The van der Waals surface area contributed by atoms with Gasteiger partial charge in [0.05, 0.1) is 32.3 Å². The molecule has 13 heteroatoms. The number of fused-ring (bicyclic) bond motifs is 6. The van der Waals surface area contributed by atoms with Crippen LogP contribution in [0.4, 0.5) is 11.5 Å². The number of aliphatic hydroxyl groups is 2. The highest BCUT2D eigenvalue weighted by atomic mass is 16.5. The lowest BCUT2D eigenvalue weighted by molar-refractivity contribution is -0.132. The molecular formula is C50H55N4O9-. The summed E-state index contributed by atoms with van der Waals surface area (Å²) in [6.07, 6.45) is 3.30. The molecule has 0 radical (unpaired) electrons. The molecule has 330 valence electrons. The molecule has 3 heterocycles. The van der Waals surface area contributed by atoms with Gasteiger partial charge in [0.25, 0.3) is 0 Å². The molecule has 0 amide bonds. The van der Waals surface area contributed by atoms with Crippen LogP contribution in [0.1, 0.15) is 71.9 Å². The number of likely N-dealkylation sites (N-methyl/N-ethyl adjacent to an activating group) is 1. The van der Waals surface area contributed by atoms with Crippen molar-refractivity contribution in [2.45, 2.75) is 74.4 Å². The van der Waals surface area contributed by atoms with Crippen LogP contribution >= 0.6 is 0 Å². The highest BCUT2D eigenvalue weighted by Crippen LogP contribution is 2.55. The van der Waals surface area contributed by atoms with E-state index in [1.807, 2.05) is 49.5 Å². The number of phenolic OH excluding ortho intramolecular Hbond substituents is 4. The zero-order chi connectivity index (χ0) is 44.4. The number of hydrogen-bond acceptors (Lipinski definition) is 12. The van der Waals surface area contributed by atoms with E-state index < -0.39 is 46.9 Å². The average molecular weight is 856 g/mol. The van der Waals surface area contributed by atoms with Gasteiger partial charge >= 0.3 is 0 Å². The predicted octanol–water partition coefficient (Wildman–Crippen LogP) is 7.09. The van der Waals surface area contributed by atoms with Crippen LogP contribution in [-0.4, -0.2) is 81.4 Å². The molecule has 7 atom stereocenters. The zero-order valence-electron chi connectivity index (χ0n) is 35.7. The lowest BCUT2D eigenvalue weighted by Gasteiger charge is -2.46. The first-order valence-electron chi connectivity index (χ1n) is 21.5. The molecule has 8 N–H and O–H groups in total. The minimum atomic E-state index is -1.21. The fraction of sp³-hybridized carbons (Fsp3) is 0.360. The number of ketones is 1. The number of aliphatic hydroxyl groups excluding tert-OH is 2. The molecule has 2 aliphatic rings. The number of phenols is 4. The van der Waals surface area contributed by atoms with Gasteiger partial charge in [0.15, 0.2) is 23.0 Å². The molecule has 13 nitrogen and oxygen atoms in total. The number of Topliss-reactive ketones (excluding diaryl/α,β-unsaturated/α-hetero) is 1. The SMILES string of the molecule is CNC[C@@H]1C[C@@H](c2cc(O)c(O)c(OC)c2)CC(=O)[C@@H]([C@H](O)CCc2ccc(O)c(OC)c2)[C@@]2(CC[C@H](O)[C@@H]2Cc2ccc[n-]2)c2ccnc(c2)Nc2ccc3cc(O)ccc3c21. The maximum Gasteiger partial charge on any atom is 0.200 e. The van der Waals surface area contributed by atoms with Gasteiger partial charge < -0.3 is 55.7 Å². The molecule has 0 saturated heterocycles. The van der Waals surface area contributed by atoms with Crippen molar-refractivity contribution in [1.82, 2.24) is 15.3 Å². The Kier molecular flexibility index (Phi) is 12.5. The summed E-state index contributed by atoms with van der Waals surface area (Å²) in [6.45, 7) is 0.473. The Bertz CT molecular complexity index is 2580. The van der Waals surface area contributed by atoms with Crippen molar-refractivity contribution in [1.29, 1.82) is 0 Å². The standard InChI is InChI=1S/C50H55N4O9/c1-51-27-32-20-30(31-23-43(60)49(61)45(24-31)63-3)22-42(59)48(41(58)13-7-28-6-12-40(57)44(19-28)62-2)50(16-14-39(56)37(50)26-34-5-4-17-52-34)33-15-18-53-46(25-33)54-38-11-8-29-21-35(55)9-10-36(29)47(32)38/h4-6,8-12,15,17-19,21,23-25,30,32,37,39,41,48,51,55-58,60-61H,7,13-14,16,20,22,26-27H2,1-3H3,(H,53,54)/q-1/t30-,32+,37+,39+,41-,48-,50+/m1/s1. The number of aryl methyl sites for hydroxylation is 1. The van der Waals surface area contributed by atoms with Gasteiger partial charge in [-0.3, -0.25) is 4.79 Å². The Morgan fingerprint density at radius 1 is 0.952 bits per heavy atom. The fourth-order valence-electron chi connectivity index (χ4n) is 10.7. The van der Waals surface area contributed by atoms with E-state index in [2.05, 4.69) is 15.6 Å². The van der Waals surface area contributed by atoms with Gasteiger partial charge in [0.2, 0.25) is 5.75 Å². The predicted molar refractivity (Wildman–Crippen MR) is 239 cm³/mol. The van der Waals surface area contributed by atoms with Crippen molar-refractivity contribution in [3.05, 3.63) is 125 Å². The summed E-state index contributed by atoms with van der Waals surface area (Å²) in [4.78, 5) is 25.3. The molecule has 1 fully saturated rings. The minimum Gasteiger partial charge on any atom is -0.668 e. The largest absolute Gasteiger partial charge is 0.668 e. The summed E-state index contributed by atoms with van der Waals surface area (Å²) in [5.41, 5.74) is 3.45. The van der Waals surface area contributed by atoms with Crippen LogP contribution in [-0.2, 0) is 23.1 Å². The first-order valence-corrected chi connectivity index (χ1v) is 21.5. The summed E-state index contributed by atoms with van der Waals surface area (Å²) < 4.78 is 10.9. The number of nitrogens with zero attached hydrogens (tertiary/aromatic N) is 2. The van der Waals surface area contributed by atoms with E-state index in [1.54, 1.807) is 48.8 Å². The average Bonchev–Trinajstić information content (AvgIpc) is 3.91.